The average molecular weight is 275 g/mol. The first-order valence-electron chi connectivity index (χ1n) is 6.46. The van der Waals surface area contributed by atoms with Crippen LogP contribution < -0.4 is 10.9 Å². The number of nitrogens with one attached hydrogen (secondary N) is 2. The summed E-state index contributed by atoms with van der Waals surface area (Å²) < 4.78 is 0.428. The number of aromatic nitrogens is 2. The van der Waals surface area contributed by atoms with Crippen LogP contribution in [0.15, 0.2) is 29.1 Å². The monoisotopic (exact) mass is 275 g/mol. The van der Waals surface area contributed by atoms with Gasteiger partial charge in [-0.15, -0.1) is 0 Å². The number of aromatic amines is 1. The Kier molecular flexibility index (Phi) is 3.33. The first-order chi connectivity index (χ1) is 9.22. The summed E-state index contributed by atoms with van der Waals surface area (Å²) in [4.78, 5) is 19.2. The molecule has 1 saturated carbocycles. The van der Waals surface area contributed by atoms with Crippen molar-refractivity contribution in [3.63, 3.8) is 0 Å². The lowest BCUT2D eigenvalue weighted by Gasteiger charge is -2.12. The molecular formula is C14H17N3OS. The zero-order valence-corrected chi connectivity index (χ0v) is 11.7. The Hall–Kier alpha value is -1.33. The normalized spacial score (nSPS) is 16.7. The molecule has 0 aliphatic heterocycles. The van der Waals surface area contributed by atoms with Crippen LogP contribution in [0.5, 0.6) is 0 Å². The van der Waals surface area contributed by atoms with E-state index in [0.717, 1.165) is 12.1 Å². The van der Waals surface area contributed by atoms with Crippen LogP contribution in [0.2, 0.25) is 0 Å². The summed E-state index contributed by atoms with van der Waals surface area (Å²) in [5, 5.41) is 4.04. The highest BCUT2D eigenvalue weighted by Crippen LogP contribution is 2.46. The van der Waals surface area contributed by atoms with Crippen LogP contribution in [-0.4, -0.2) is 27.5 Å². The number of thioether (sulfide) groups is 1. The molecule has 5 heteroatoms. The lowest BCUT2D eigenvalue weighted by atomic mass is 10.2. The van der Waals surface area contributed by atoms with Crippen molar-refractivity contribution >= 4 is 22.7 Å². The molecule has 0 saturated heterocycles. The van der Waals surface area contributed by atoms with E-state index < -0.39 is 0 Å². The van der Waals surface area contributed by atoms with E-state index >= 15 is 0 Å². The predicted molar refractivity (Wildman–Crippen MR) is 79.6 cm³/mol. The van der Waals surface area contributed by atoms with Crippen molar-refractivity contribution in [2.45, 2.75) is 24.1 Å². The van der Waals surface area contributed by atoms with E-state index in [4.69, 9.17) is 0 Å². The van der Waals surface area contributed by atoms with Gasteiger partial charge in [-0.1, -0.05) is 12.1 Å². The van der Waals surface area contributed by atoms with Gasteiger partial charge in [0.1, 0.15) is 5.82 Å². The molecule has 4 nitrogen and oxygen atoms in total. The summed E-state index contributed by atoms with van der Waals surface area (Å²) in [6.07, 6.45) is 4.72. The average Bonchev–Trinajstić information content (AvgIpc) is 3.19. The molecule has 19 heavy (non-hydrogen) atoms. The largest absolute Gasteiger partial charge is 0.309 e. The molecule has 0 atom stereocenters. The predicted octanol–water partition coefficient (Wildman–Crippen LogP) is 1.91. The van der Waals surface area contributed by atoms with Gasteiger partial charge in [0.2, 0.25) is 0 Å². The highest BCUT2D eigenvalue weighted by Gasteiger charge is 2.41. The topological polar surface area (TPSA) is 57.8 Å². The fourth-order valence-corrected chi connectivity index (χ4v) is 2.98. The minimum Gasteiger partial charge on any atom is -0.309 e. The number of nitrogens with zero attached hydrogens (tertiary/aromatic N) is 1. The maximum atomic E-state index is 11.9. The summed E-state index contributed by atoms with van der Waals surface area (Å²) in [5.41, 5.74) is 0.697. The molecule has 1 aliphatic carbocycles. The van der Waals surface area contributed by atoms with Gasteiger partial charge >= 0.3 is 0 Å². The maximum absolute atomic E-state index is 11.9. The molecule has 3 rings (SSSR count). The second-order valence-electron chi connectivity index (χ2n) is 5.02. The molecule has 100 valence electrons. The van der Waals surface area contributed by atoms with Crippen LogP contribution >= 0.6 is 11.8 Å². The van der Waals surface area contributed by atoms with Gasteiger partial charge in [-0.3, -0.25) is 4.79 Å². The number of hydrogen-bond donors (Lipinski definition) is 2. The molecule has 1 aromatic heterocycles. The third-order valence-electron chi connectivity index (χ3n) is 3.64. The first-order valence-corrected chi connectivity index (χ1v) is 7.69. The Labute approximate surface area is 116 Å². The lowest BCUT2D eigenvalue weighted by molar-refractivity contribution is 0.640. The van der Waals surface area contributed by atoms with E-state index in [1.807, 2.05) is 30.0 Å². The Morgan fingerprint density at radius 2 is 2.21 bits per heavy atom. The molecule has 1 heterocycles. The fraction of sp³-hybridized carbons (Fsp3) is 0.429. The van der Waals surface area contributed by atoms with Crippen LogP contribution in [-0.2, 0) is 6.54 Å². The van der Waals surface area contributed by atoms with Crippen molar-refractivity contribution < 1.29 is 0 Å². The number of para-hydroxylation sites is 1. The summed E-state index contributed by atoms with van der Waals surface area (Å²) in [7, 11) is 0. The molecule has 1 aliphatic rings. The number of fused-ring (bicyclic) bond motifs is 1. The molecule has 0 bridgehead atoms. The molecule has 0 unspecified atom stereocenters. The van der Waals surface area contributed by atoms with E-state index in [0.29, 0.717) is 22.5 Å². The zero-order valence-electron chi connectivity index (χ0n) is 10.9. The van der Waals surface area contributed by atoms with Gasteiger partial charge in [0.25, 0.3) is 5.56 Å². The van der Waals surface area contributed by atoms with Gasteiger partial charge < -0.3 is 10.3 Å². The van der Waals surface area contributed by atoms with Crippen LogP contribution in [0.25, 0.3) is 10.9 Å². The molecule has 1 aromatic carbocycles. The van der Waals surface area contributed by atoms with Crippen molar-refractivity contribution in [2.75, 3.05) is 12.8 Å². The third kappa shape index (κ3) is 2.67. The molecule has 0 radical (unpaired) electrons. The van der Waals surface area contributed by atoms with Crippen molar-refractivity contribution in [3.05, 3.63) is 40.4 Å². The Morgan fingerprint density at radius 1 is 1.42 bits per heavy atom. The van der Waals surface area contributed by atoms with Gasteiger partial charge in [0, 0.05) is 11.3 Å². The smallest absolute Gasteiger partial charge is 0.258 e. The number of H-pyrrole nitrogens is 1. The van der Waals surface area contributed by atoms with Crippen molar-refractivity contribution in [1.82, 2.24) is 15.3 Å². The summed E-state index contributed by atoms with van der Waals surface area (Å²) in [6, 6.07) is 7.43. The molecule has 0 amide bonds. The van der Waals surface area contributed by atoms with E-state index in [-0.39, 0.29) is 5.56 Å². The van der Waals surface area contributed by atoms with E-state index in [2.05, 4.69) is 21.5 Å². The minimum atomic E-state index is -0.0617. The standard InChI is InChI=1S/C14H17N3OS/c1-19-14(6-7-14)9-15-8-12-16-11-5-3-2-4-10(11)13(18)17-12/h2-5,15H,6-9H2,1H3,(H,16,17,18). The van der Waals surface area contributed by atoms with Crippen molar-refractivity contribution in [1.29, 1.82) is 0 Å². The molecule has 2 N–H and O–H groups in total. The van der Waals surface area contributed by atoms with Gasteiger partial charge in [-0.25, -0.2) is 4.98 Å². The summed E-state index contributed by atoms with van der Waals surface area (Å²) >= 11 is 1.92. The van der Waals surface area contributed by atoms with Crippen LogP contribution in [0.1, 0.15) is 18.7 Å². The molecular weight excluding hydrogens is 258 g/mol. The van der Waals surface area contributed by atoms with Gasteiger partial charge in [0.05, 0.1) is 17.4 Å². The van der Waals surface area contributed by atoms with Gasteiger partial charge in [-0.2, -0.15) is 11.8 Å². The second-order valence-corrected chi connectivity index (χ2v) is 6.29. The van der Waals surface area contributed by atoms with E-state index in [1.54, 1.807) is 6.07 Å². The Bertz CT molecular complexity index is 648. The summed E-state index contributed by atoms with van der Waals surface area (Å²) in [6.45, 7) is 1.59. The molecule has 2 aromatic rings. The first kappa shape index (κ1) is 12.7. The van der Waals surface area contributed by atoms with Crippen LogP contribution in [0, 0.1) is 0 Å². The number of hydrogen-bond acceptors (Lipinski definition) is 4. The highest BCUT2D eigenvalue weighted by atomic mass is 32.2. The third-order valence-corrected chi connectivity index (χ3v) is 5.06. The fourth-order valence-electron chi connectivity index (χ4n) is 2.22. The van der Waals surface area contributed by atoms with Crippen molar-refractivity contribution in [3.8, 4) is 0 Å². The SMILES string of the molecule is CSC1(CNCc2nc3ccccc3c(=O)[nH]2)CC1. The zero-order chi connectivity index (χ0) is 13.3. The Balaban J connectivity index is 1.73. The lowest BCUT2D eigenvalue weighted by Crippen LogP contribution is -2.27. The Morgan fingerprint density at radius 3 is 2.95 bits per heavy atom. The number of benzene rings is 1. The van der Waals surface area contributed by atoms with Crippen LogP contribution in [0.3, 0.4) is 0 Å². The molecule has 1 fully saturated rings. The minimum absolute atomic E-state index is 0.0617. The van der Waals surface area contributed by atoms with Crippen LogP contribution in [0.4, 0.5) is 0 Å². The second kappa shape index (κ2) is 4.98. The highest BCUT2D eigenvalue weighted by molar-refractivity contribution is 8.00. The maximum Gasteiger partial charge on any atom is 0.258 e. The quantitative estimate of drug-likeness (QED) is 0.875. The van der Waals surface area contributed by atoms with Gasteiger partial charge in [-0.05, 0) is 31.2 Å². The number of rotatable bonds is 5. The van der Waals surface area contributed by atoms with E-state index in [1.165, 1.54) is 12.8 Å². The van der Waals surface area contributed by atoms with Gasteiger partial charge in [0.15, 0.2) is 0 Å². The summed E-state index contributed by atoms with van der Waals surface area (Å²) in [5.74, 6) is 0.709. The van der Waals surface area contributed by atoms with E-state index in [9.17, 15) is 4.79 Å². The molecule has 0 spiro atoms. The van der Waals surface area contributed by atoms with Crippen molar-refractivity contribution in [2.24, 2.45) is 0 Å².